The number of hydrogen-bond acceptors (Lipinski definition) is 15. The Balaban J connectivity index is 0.890. The zero-order valence-corrected chi connectivity index (χ0v) is 46.1. The number of likely N-dealkylation sites (tertiary alicyclic amines) is 1. The predicted molar refractivity (Wildman–Crippen MR) is 294 cm³/mol. The van der Waals surface area contributed by atoms with Gasteiger partial charge in [0.1, 0.15) is 41.0 Å². The number of fused-ring (bicyclic) bond motifs is 2. The summed E-state index contributed by atoms with van der Waals surface area (Å²) in [6.45, 7) is 12.2. The van der Waals surface area contributed by atoms with Crippen molar-refractivity contribution in [3.63, 3.8) is 0 Å². The average molecular weight is 1060 g/mol. The van der Waals surface area contributed by atoms with E-state index in [1.165, 1.54) is 18.0 Å². The molecule has 2 aromatic heterocycles. The Hall–Kier alpha value is -6.41. The molecule has 0 radical (unpaired) electrons. The minimum absolute atomic E-state index is 0.0346. The maximum absolute atomic E-state index is 14.8. The number of ether oxygens (including phenoxy) is 2. The third-order valence-corrected chi connectivity index (χ3v) is 18.4. The fraction of sp³-hybridized carbons (Fsp3) is 0.571. The molecule has 2 saturated heterocycles. The van der Waals surface area contributed by atoms with E-state index < -0.39 is 38.8 Å². The summed E-state index contributed by atoms with van der Waals surface area (Å²) in [7, 11) is -2.15. The second kappa shape index (κ2) is 24.3. The van der Waals surface area contributed by atoms with Gasteiger partial charge in [0, 0.05) is 42.2 Å². The Labute approximate surface area is 447 Å². The fourth-order valence-electron chi connectivity index (χ4n) is 10.9. The van der Waals surface area contributed by atoms with Crippen LogP contribution in [0.15, 0.2) is 76.3 Å². The van der Waals surface area contributed by atoms with Crippen LogP contribution in [-0.4, -0.2) is 119 Å². The van der Waals surface area contributed by atoms with E-state index in [0.717, 1.165) is 89.3 Å². The van der Waals surface area contributed by atoms with E-state index in [-0.39, 0.29) is 64.9 Å². The smallest absolute Gasteiger partial charge is 0.246 e. The number of amidine groups is 1. The van der Waals surface area contributed by atoms with Crippen molar-refractivity contribution >= 4 is 56.1 Å². The molecule has 8 rings (SSSR count). The van der Waals surface area contributed by atoms with Crippen LogP contribution >= 0.6 is 0 Å². The molecule has 2 aromatic carbocycles. The minimum Gasteiger partial charge on any atom is -0.492 e. The highest BCUT2D eigenvalue weighted by Crippen LogP contribution is 2.38. The van der Waals surface area contributed by atoms with Gasteiger partial charge in [0.2, 0.25) is 23.7 Å². The van der Waals surface area contributed by atoms with E-state index in [0.29, 0.717) is 52.8 Å². The zero-order valence-electron chi connectivity index (χ0n) is 45.3. The Morgan fingerprint density at radius 1 is 0.934 bits per heavy atom. The molecule has 3 fully saturated rings. The first-order valence-corrected chi connectivity index (χ1v) is 28.6. The van der Waals surface area contributed by atoms with E-state index in [9.17, 15) is 22.8 Å². The molecule has 0 spiro atoms. The van der Waals surface area contributed by atoms with Crippen LogP contribution in [-0.2, 0) is 30.6 Å². The van der Waals surface area contributed by atoms with Crippen LogP contribution < -0.4 is 41.8 Å². The summed E-state index contributed by atoms with van der Waals surface area (Å²) in [5.41, 5.74) is 16.1. The highest BCUT2D eigenvalue weighted by atomic mass is 32.2. The number of nitrogens with one attached hydrogen (secondary N) is 3. The monoisotopic (exact) mass is 1060 g/mol. The number of piperidine rings is 1. The van der Waals surface area contributed by atoms with Gasteiger partial charge in [-0.15, -0.1) is 0 Å². The minimum atomic E-state index is -3.87. The molecule has 1 unspecified atom stereocenters. The van der Waals surface area contributed by atoms with Crippen molar-refractivity contribution in [3.8, 4) is 11.5 Å². The average Bonchev–Trinajstić information content (AvgIpc) is 3.86. The lowest BCUT2D eigenvalue weighted by Crippen LogP contribution is -2.58. The number of nitrogens with zero attached hydrogens (tertiary/aromatic N) is 7. The fourth-order valence-corrected chi connectivity index (χ4v) is 12.2. The molecular weight excluding hydrogens is 985 g/mol. The van der Waals surface area contributed by atoms with Crippen molar-refractivity contribution < 1.29 is 32.3 Å². The summed E-state index contributed by atoms with van der Waals surface area (Å²) >= 11 is 0. The number of rotatable bonds is 18. The lowest BCUT2D eigenvalue weighted by atomic mass is 9.83. The number of amides is 3. The highest BCUT2D eigenvalue weighted by Gasteiger charge is 2.46. The van der Waals surface area contributed by atoms with Crippen LogP contribution in [0.2, 0.25) is 0 Å². The molecule has 4 aliphatic rings. The molecule has 0 bridgehead atoms. The van der Waals surface area contributed by atoms with Crippen molar-refractivity contribution in [2.75, 3.05) is 38.2 Å². The maximum atomic E-state index is 14.8. The van der Waals surface area contributed by atoms with Crippen molar-refractivity contribution in [2.24, 2.45) is 28.3 Å². The van der Waals surface area contributed by atoms with Crippen LogP contribution in [0, 0.1) is 11.8 Å². The Bertz CT molecular complexity index is 2890. The number of aromatic nitrogens is 4. The molecule has 2 aliphatic carbocycles. The van der Waals surface area contributed by atoms with Crippen LogP contribution in [0.4, 0.5) is 11.8 Å². The number of anilines is 1. The van der Waals surface area contributed by atoms with Gasteiger partial charge in [0.05, 0.1) is 47.9 Å². The molecule has 76 heavy (non-hydrogen) atoms. The summed E-state index contributed by atoms with van der Waals surface area (Å²) in [5, 5.41) is 9.82. The Morgan fingerprint density at radius 3 is 2.36 bits per heavy atom. The highest BCUT2D eigenvalue weighted by molar-refractivity contribution is 7.92. The first-order valence-electron chi connectivity index (χ1n) is 27.2. The van der Waals surface area contributed by atoms with Crippen molar-refractivity contribution in [3.05, 3.63) is 77.5 Å². The number of nitrogens with two attached hydrogens (primary N) is 2. The van der Waals surface area contributed by atoms with Crippen LogP contribution in [0.3, 0.4) is 0 Å². The molecule has 4 heterocycles. The van der Waals surface area contributed by atoms with E-state index in [4.69, 9.17) is 30.9 Å². The molecule has 1 saturated carbocycles. The quantitative estimate of drug-likeness (QED) is 0.0403. The third-order valence-electron chi connectivity index (χ3n) is 15.9. The van der Waals surface area contributed by atoms with Gasteiger partial charge in [-0.2, -0.15) is 0 Å². The van der Waals surface area contributed by atoms with Crippen LogP contribution in [0.1, 0.15) is 136 Å². The van der Waals surface area contributed by atoms with Crippen LogP contribution in [0.25, 0.3) is 10.9 Å². The molecule has 2 aliphatic heterocycles. The normalized spacial score (nSPS) is 21.1. The lowest BCUT2D eigenvalue weighted by molar-refractivity contribution is -0.143. The molecule has 410 valence electrons. The van der Waals surface area contributed by atoms with Crippen molar-refractivity contribution in [2.45, 2.75) is 165 Å². The number of hydrogen-bond donors (Lipinski definition) is 5. The summed E-state index contributed by atoms with van der Waals surface area (Å²) in [6, 6.07) is 9.17. The Morgan fingerprint density at radius 2 is 1.66 bits per heavy atom. The molecule has 7 N–H and O–H groups in total. The number of carbonyl (C=O) groups excluding carboxylic acids is 3. The Kier molecular flexibility index (Phi) is 17.8. The molecule has 20 heteroatoms. The van der Waals surface area contributed by atoms with Gasteiger partial charge in [-0.1, -0.05) is 43.5 Å². The maximum Gasteiger partial charge on any atom is 0.246 e. The van der Waals surface area contributed by atoms with Crippen LogP contribution in [0.5, 0.6) is 11.5 Å². The predicted octanol–water partition coefficient (Wildman–Crippen LogP) is 6.52. The largest absolute Gasteiger partial charge is 0.492 e. The molecule has 5 atom stereocenters. The first kappa shape index (κ1) is 55.8. The van der Waals surface area contributed by atoms with E-state index in [1.807, 2.05) is 12.1 Å². The summed E-state index contributed by atoms with van der Waals surface area (Å²) in [6.07, 6.45) is 15.3. The van der Waals surface area contributed by atoms with Gasteiger partial charge in [-0.3, -0.25) is 14.4 Å². The van der Waals surface area contributed by atoms with Crippen molar-refractivity contribution in [1.29, 1.82) is 0 Å². The molecule has 19 nitrogen and oxygen atoms in total. The second-order valence-electron chi connectivity index (χ2n) is 22.1. The third kappa shape index (κ3) is 12.9. The number of sulfone groups is 1. The summed E-state index contributed by atoms with van der Waals surface area (Å²) < 4.78 is 39.6. The van der Waals surface area contributed by atoms with Gasteiger partial charge in [0.15, 0.2) is 21.4 Å². The zero-order chi connectivity index (χ0) is 54.3. The number of benzene rings is 2. The number of carbonyl (C=O) groups is 3. The number of aliphatic imine (C=N–C) groups is 1. The van der Waals surface area contributed by atoms with Gasteiger partial charge < -0.3 is 46.7 Å². The molecular formula is C56H78N12O7S. The van der Waals surface area contributed by atoms with Gasteiger partial charge >= 0.3 is 0 Å². The standard InChI is InChI=1S/C56H78N12O7S/c1-34(35(2)57)50(58)66-51-43-28-48(76(72,73)56(4,5)6)47(29-45(43)62-33-63-51)74-26-14-15-37-22-24-67(25-23-37)55-60-30-41(31-61-55)75-40-27-46(53(70)64-44-21-13-19-38-16-11-12-20-42(38)44)68(32-40)54(71)49(39-17-9-8-10-18-39)65-52(69)36(3)59-7/h11-12,16,20,28-31,33,36-37,39-40,44,46,49,59H,8-10,13-15,17-19,21-27,32,57H2,1-7H3,(H,64,70)(H,65,69)(H2,58,62,63,66)/b35-34-/t36-,40-,44+,46-,49?/m0/s1. The number of likely N-dealkylation sites (N-methyl/N-ethyl adjacent to an activating group) is 1. The second-order valence-corrected chi connectivity index (χ2v) is 24.8. The molecule has 3 amide bonds. The summed E-state index contributed by atoms with van der Waals surface area (Å²) in [5.74, 6) is 1.33. The SMILES string of the molecule is CN[C@@H](C)C(=O)NC(C(=O)N1C[C@@H](Oc2cnc(N3CCC(CCCOc4cc5ncnc(N=C(N)/C(C)=C(/C)N)c5cc4S(=O)(=O)C(C)(C)C)CC3)nc2)C[C@H]1C(=O)N[C@@H]1CCCc2ccccc21)C1CCCCC1. The van der Waals surface area contributed by atoms with Gasteiger partial charge in [-0.25, -0.2) is 33.3 Å². The number of allylic oxidation sites excluding steroid dienone is 1. The first-order chi connectivity index (χ1) is 36.3. The molecule has 4 aromatic rings. The van der Waals surface area contributed by atoms with E-state index in [1.54, 1.807) is 72.0 Å². The lowest BCUT2D eigenvalue weighted by Gasteiger charge is -2.35. The van der Waals surface area contributed by atoms with E-state index in [2.05, 4.69) is 47.9 Å². The van der Waals surface area contributed by atoms with E-state index >= 15 is 0 Å². The van der Waals surface area contributed by atoms with Crippen molar-refractivity contribution in [1.82, 2.24) is 40.8 Å². The number of aryl methyl sites for hydroxylation is 1. The van der Waals surface area contributed by atoms with Gasteiger partial charge in [-0.05, 0) is 135 Å². The topological polar surface area (TPSA) is 262 Å². The van der Waals surface area contributed by atoms with Gasteiger partial charge in [0.25, 0.3) is 0 Å². The summed E-state index contributed by atoms with van der Waals surface area (Å²) in [4.78, 5) is 69.1.